The highest BCUT2D eigenvalue weighted by Crippen LogP contribution is 2.54. The second kappa shape index (κ2) is 16.9. The standard InChI is InChI=1S/C43H53NO16/c1-18(45)16-43(53)17-29(34-23(36(43)42(52)54-7)13-24-35(39(34)51)38(50)33-22(37(24)49)9-8-10-27(33)47)58-31-14-25(44(5)6)40(20(3)56-31)60-32-15-28(48)41(21(4)57-32)59-30-12-11-26(46)19(2)55-30/h8-10,13,19-21,25,28-32,36,40-41,47-48,51,53H,11-12,14-17H2,1-7H3/t19?,20?,21?,25?,28?,29-,30?,31?,32?,36-,40?,41?,43+/m0/s1. The van der Waals surface area contributed by atoms with E-state index >= 15 is 0 Å². The first-order valence-corrected chi connectivity index (χ1v) is 20.2. The lowest BCUT2D eigenvalue weighted by Gasteiger charge is -2.48. The molecule has 3 heterocycles. The number of hydrogen-bond donors (Lipinski definition) is 4. The van der Waals surface area contributed by atoms with Gasteiger partial charge in [0.2, 0.25) is 5.78 Å². The number of aromatic hydroxyl groups is 2. The largest absolute Gasteiger partial charge is 0.507 e. The molecule has 17 heteroatoms. The maximum Gasteiger partial charge on any atom is 0.316 e. The van der Waals surface area contributed by atoms with Crippen molar-refractivity contribution < 1.29 is 77.6 Å². The van der Waals surface area contributed by atoms with Gasteiger partial charge in [0.1, 0.15) is 41.5 Å². The number of benzene rings is 2. The third kappa shape index (κ3) is 8.02. The van der Waals surface area contributed by atoms with Crippen molar-refractivity contribution in [3.63, 3.8) is 0 Å². The molecule has 3 fully saturated rings. The van der Waals surface area contributed by atoms with Crippen LogP contribution in [0.25, 0.3) is 0 Å². The molecule has 3 aliphatic heterocycles. The van der Waals surface area contributed by atoms with Gasteiger partial charge in [-0.15, -0.1) is 0 Å². The van der Waals surface area contributed by atoms with Crippen LogP contribution in [-0.2, 0) is 47.5 Å². The number of carbonyl (C=O) groups is 5. The average molecular weight is 840 g/mol. The van der Waals surface area contributed by atoms with E-state index in [1.54, 1.807) is 20.8 Å². The van der Waals surface area contributed by atoms with Crippen molar-refractivity contribution in [2.45, 2.75) is 145 Å². The highest BCUT2D eigenvalue weighted by molar-refractivity contribution is 6.30. The molecule has 0 amide bonds. The number of ketones is 4. The molecule has 7 rings (SSSR count). The summed E-state index contributed by atoms with van der Waals surface area (Å²) < 4.78 is 42.5. The molecule has 0 aromatic heterocycles. The van der Waals surface area contributed by atoms with Gasteiger partial charge < -0.3 is 58.5 Å². The summed E-state index contributed by atoms with van der Waals surface area (Å²) in [5.74, 6) is -5.68. The molecule has 60 heavy (non-hydrogen) atoms. The Bertz CT molecular complexity index is 2040. The fourth-order valence-electron chi connectivity index (χ4n) is 9.53. The fourth-order valence-corrected chi connectivity index (χ4v) is 9.53. The van der Waals surface area contributed by atoms with Gasteiger partial charge in [-0.3, -0.25) is 24.0 Å². The van der Waals surface area contributed by atoms with E-state index in [1.807, 2.05) is 19.0 Å². The number of rotatable bonds is 10. The maximum atomic E-state index is 14.0. The summed E-state index contributed by atoms with van der Waals surface area (Å²) in [4.78, 5) is 67.9. The number of esters is 1. The van der Waals surface area contributed by atoms with Crippen LogP contribution in [0.3, 0.4) is 0 Å². The predicted octanol–water partition coefficient (Wildman–Crippen LogP) is 2.73. The number of ether oxygens (including phenoxy) is 7. The molecule has 4 N–H and O–H groups in total. The number of phenolic OH excluding ortho intramolecular Hbond substituents is 2. The van der Waals surface area contributed by atoms with Gasteiger partial charge in [0.05, 0.1) is 48.3 Å². The van der Waals surface area contributed by atoms with Gasteiger partial charge in [-0.05, 0) is 59.5 Å². The second-order valence-electron chi connectivity index (χ2n) is 16.8. The Morgan fingerprint density at radius 2 is 1.55 bits per heavy atom. The molecule has 0 spiro atoms. The van der Waals surface area contributed by atoms with Crippen LogP contribution in [0.5, 0.6) is 11.5 Å². The number of carbonyl (C=O) groups excluding carboxylic acids is 5. The van der Waals surface area contributed by atoms with E-state index in [4.69, 9.17) is 33.2 Å². The molecule has 0 saturated carbocycles. The Morgan fingerprint density at radius 1 is 0.883 bits per heavy atom. The van der Waals surface area contributed by atoms with Crippen molar-refractivity contribution in [2.75, 3.05) is 21.2 Å². The molecule has 10 unspecified atom stereocenters. The van der Waals surface area contributed by atoms with E-state index in [2.05, 4.69) is 0 Å². The number of aliphatic hydroxyl groups is 2. The van der Waals surface area contributed by atoms with Gasteiger partial charge >= 0.3 is 5.97 Å². The summed E-state index contributed by atoms with van der Waals surface area (Å²) in [6.07, 6.45) is -8.08. The van der Waals surface area contributed by atoms with Gasteiger partial charge in [-0.25, -0.2) is 0 Å². The zero-order valence-corrected chi connectivity index (χ0v) is 34.6. The Labute approximate surface area is 346 Å². The van der Waals surface area contributed by atoms with Crippen LogP contribution in [0.15, 0.2) is 24.3 Å². The number of likely N-dealkylation sites (N-methyl/N-ethyl adjacent to an activating group) is 1. The average Bonchev–Trinajstić information content (AvgIpc) is 3.16. The van der Waals surface area contributed by atoms with Crippen molar-refractivity contribution in [3.8, 4) is 11.5 Å². The molecule has 2 aliphatic carbocycles. The highest BCUT2D eigenvalue weighted by atomic mass is 16.7. The summed E-state index contributed by atoms with van der Waals surface area (Å²) in [6, 6.07) is 4.86. The minimum Gasteiger partial charge on any atom is -0.507 e. The number of phenols is 2. The fraction of sp³-hybridized carbons (Fsp3) is 0.605. The zero-order chi connectivity index (χ0) is 43.5. The van der Waals surface area contributed by atoms with Crippen LogP contribution in [0.4, 0.5) is 0 Å². The van der Waals surface area contributed by atoms with E-state index < -0.39 is 132 Å². The van der Waals surface area contributed by atoms with Crippen LogP contribution in [0.2, 0.25) is 0 Å². The molecule has 0 radical (unpaired) electrons. The van der Waals surface area contributed by atoms with Gasteiger partial charge in [-0.2, -0.15) is 0 Å². The number of nitrogens with zero attached hydrogens (tertiary/aromatic N) is 1. The van der Waals surface area contributed by atoms with Crippen molar-refractivity contribution in [2.24, 2.45) is 0 Å². The lowest BCUT2D eigenvalue weighted by Crippen LogP contribution is -2.58. The quantitative estimate of drug-likeness (QED) is 0.215. The van der Waals surface area contributed by atoms with Gasteiger partial charge in [0.25, 0.3) is 0 Å². The SMILES string of the molecule is COC(=O)[C@@H]1c2cc3c(c(O)c2[C@@H](OC2CC(N(C)C)C(OC4CC(O)C(OC5CCC(=O)C(C)O5)C(C)O4)C(C)O2)C[C@]1(O)CC(C)=O)C(=O)c1c(O)cccc1C3=O. The van der Waals surface area contributed by atoms with E-state index in [0.29, 0.717) is 12.8 Å². The van der Waals surface area contributed by atoms with Gasteiger partial charge in [0.15, 0.2) is 30.4 Å². The Balaban J connectivity index is 1.16. The Morgan fingerprint density at radius 3 is 2.18 bits per heavy atom. The predicted molar refractivity (Wildman–Crippen MR) is 206 cm³/mol. The summed E-state index contributed by atoms with van der Waals surface area (Å²) in [6.45, 7) is 6.44. The first-order valence-electron chi connectivity index (χ1n) is 20.2. The molecule has 17 nitrogen and oxygen atoms in total. The molecule has 3 saturated heterocycles. The smallest absolute Gasteiger partial charge is 0.316 e. The number of aliphatic hydroxyl groups excluding tert-OH is 1. The summed E-state index contributed by atoms with van der Waals surface area (Å²) >= 11 is 0. The lowest BCUT2D eigenvalue weighted by atomic mass is 9.66. The molecule has 2 aromatic carbocycles. The number of Topliss-reactive ketones (excluding diaryl/α,β-unsaturated/α-hetero) is 2. The van der Waals surface area contributed by atoms with Crippen LogP contribution < -0.4 is 0 Å². The monoisotopic (exact) mass is 839 g/mol. The normalized spacial score (nSPS) is 35.4. The third-order valence-corrected chi connectivity index (χ3v) is 12.4. The highest BCUT2D eigenvalue weighted by Gasteiger charge is 2.55. The van der Waals surface area contributed by atoms with Crippen molar-refractivity contribution in [1.29, 1.82) is 0 Å². The molecule has 2 aromatic rings. The van der Waals surface area contributed by atoms with E-state index in [-0.39, 0.29) is 46.4 Å². The van der Waals surface area contributed by atoms with E-state index in [9.17, 15) is 44.4 Å². The summed E-state index contributed by atoms with van der Waals surface area (Å²) in [5.41, 5.74) is -3.36. The van der Waals surface area contributed by atoms with Crippen LogP contribution >= 0.6 is 0 Å². The van der Waals surface area contributed by atoms with Crippen molar-refractivity contribution >= 4 is 29.1 Å². The minimum absolute atomic E-state index is 0.00629. The van der Waals surface area contributed by atoms with Crippen molar-refractivity contribution in [3.05, 3.63) is 57.6 Å². The third-order valence-electron chi connectivity index (χ3n) is 12.4. The summed E-state index contributed by atoms with van der Waals surface area (Å²) in [7, 11) is 4.78. The molecule has 13 atom stereocenters. The van der Waals surface area contributed by atoms with Gasteiger partial charge in [-0.1, -0.05) is 12.1 Å². The van der Waals surface area contributed by atoms with E-state index in [1.165, 1.54) is 31.2 Å². The second-order valence-corrected chi connectivity index (χ2v) is 16.8. The minimum atomic E-state index is -2.13. The molecule has 0 bridgehead atoms. The van der Waals surface area contributed by atoms with Crippen molar-refractivity contribution in [1.82, 2.24) is 4.90 Å². The van der Waals surface area contributed by atoms with Crippen LogP contribution in [-0.4, -0.2) is 143 Å². The molecule has 326 valence electrons. The van der Waals surface area contributed by atoms with Gasteiger partial charge in [0, 0.05) is 61.3 Å². The Hall–Kier alpha value is -4.17. The number of hydrogen-bond acceptors (Lipinski definition) is 17. The topological polar surface area (TPSA) is 234 Å². The molecular formula is C43H53NO16. The summed E-state index contributed by atoms with van der Waals surface area (Å²) in [5, 5.41) is 46.1. The first kappa shape index (κ1) is 43.9. The first-order chi connectivity index (χ1) is 28.3. The number of fused-ring (bicyclic) bond motifs is 3. The van der Waals surface area contributed by atoms with E-state index in [0.717, 1.165) is 7.11 Å². The Kier molecular flexibility index (Phi) is 12.4. The maximum absolute atomic E-state index is 14.0. The lowest BCUT2D eigenvalue weighted by molar-refractivity contribution is -0.324. The molecule has 5 aliphatic rings. The van der Waals surface area contributed by atoms with Crippen LogP contribution in [0.1, 0.15) is 121 Å². The number of methoxy groups -OCH3 is 1. The van der Waals surface area contributed by atoms with Crippen LogP contribution in [0, 0.1) is 0 Å². The zero-order valence-electron chi connectivity index (χ0n) is 34.6. The molecular weight excluding hydrogens is 786 g/mol.